The molecule has 2 unspecified atom stereocenters. The van der Waals surface area contributed by atoms with Crippen molar-refractivity contribution in [2.45, 2.75) is 37.7 Å². The molecule has 2 aliphatic rings. The number of pyridine rings is 1. The zero-order chi connectivity index (χ0) is 18.2. The Kier molecular flexibility index (Phi) is 4.03. The van der Waals surface area contributed by atoms with Crippen LogP contribution in [-0.4, -0.2) is 44.6 Å². The van der Waals surface area contributed by atoms with Gasteiger partial charge in [0.05, 0.1) is 0 Å². The summed E-state index contributed by atoms with van der Waals surface area (Å²) in [5.41, 5.74) is 2.04. The van der Waals surface area contributed by atoms with Gasteiger partial charge in [-0.3, -0.25) is 9.20 Å². The molecule has 6 nitrogen and oxygen atoms in total. The number of nitrogens with zero attached hydrogens (tertiary/aromatic N) is 4. The predicted octanol–water partition coefficient (Wildman–Crippen LogP) is 2.83. The summed E-state index contributed by atoms with van der Waals surface area (Å²) in [4.78, 5) is 15.1. The first kappa shape index (κ1) is 16.3. The van der Waals surface area contributed by atoms with Crippen LogP contribution in [0, 0.1) is 0 Å². The molecular weight excluding hydrogens is 340 g/mol. The summed E-state index contributed by atoms with van der Waals surface area (Å²) in [6.45, 7) is 1.46. The van der Waals surface area contributed by atoms with Gasteiger partial charge in [0.1, 0.15) is 11.6 Å². The first-order valence-electron chi connectivity index (χ1n) is 9.62. The summed E-state index contributed by atoms with van der Waals surface area (Å²) in [6.07, 6.45) is 5.24. The van der Waals surface area contributed by atoms with E-state index in [1.807, 2.05) is 51.9 Å². The van der Waals surface area contributed by atoms with Crippen LogP contribution in [0.5, 0.6) is 5.75 Å². The third-order valence-corrected chi connectivity index (χ3v) is 5.63. The van der Waals surface area contributed by atoms with E-state index >= 15 is 0 Å². The van der Waals surface area contributed by atoms with E-state index in [4.69, 9.17) is 4.74 Å². The van der Waals surface area contributed by atoms with E-state index < -0.39 is 0 Å². The van der Waals surface area contributed by atoms with Crippen molar-refractivity contribution in [2.75, 3.05) is 13.1 Å². The fraction of sp³-hybridized carbons (Fsp3) is 0.381. The third kappa shape index (κ3) is 2.95. The van der Waals surface area contributed by atoms with Crippen molar-refractivity contribution in [1.29, 1.82) is 0 Å². The molecule has 4 heterocycles. The van der Waals surface area contributed by atoms with E-state index in [9.17, 15) is 4.79 Å². The molecule has 0 radical (unpaired) electrons. The first-order valence-corrected chi connectivity index (χ1v) is 9.62. The molecule has 2 aromatic heterocycles. The summed E-state index contributed by atoms with van der Waals surface area (Å²) < 4.78 is 8.05. The lowest BCUT2D eigenvalue weighted by Crippen LogP contribution is -2.47. The quantitative estimate of drug-likeness (QED) is 0.703. The highest BCUT2D eigenvalue weighted by Crippen LogP contribution is 2.30. The Morgan fingerprint density at radius 2 is 1.96 bits per heavy atom. The Labute approximate surface area is 157 Å². The van der Waals surface area contributed by atoms with Crippen LogP contribution in [0.2, 0.25) is 0 Å². The topological polar surface area (TPSA) is 59.7 Å². The van der Waals surface area contributed by atoms with E-state index in [1.54, 1.807) is 0 Å². The second-order valence-electron chi connectivity index (χ2n) is 7.36. The number of rotatable bonds is 2. The van der Waals surface area contributed by atoms with Crippen molar-refractivity contribution in [3.05, 3.63) is 60.0 Å². The minimum absolute atomic E-state index is 0.100. The number of aromatic nitrogens is 3. The molecule has 27 heavy (non-hydrogen) atoms. The second kappa shape index (κ2) is 6.68. The van der Waals surface area contributed by atoms with Crippen LogP contribution in [0.1, 0.15) is 36.6 Å². The molecule has 6 heteroatoms. The number of carbonyl (C=O) groups excluding carboxylic acids is 1. The number of amides is 1. The predicted molar refractivity (Wildman–Crippen MR) is 101 cm³/mol. The lowest BCUT2D eigenvalue weighted by Gasteiger charge is -2.35. The average Bonchev–Trinajstić information content (AvgIpc) is 3.17. The number of fused-ring (bicyclic) bond motifs is 2. The Bertz CT molecular complexity index is 983. The summed E-state index contributed by atoms with van der Waals surface area (Å²) in [5, 5.41) is 8.66. The summed E-state index contributed by atoms with van der Waals surface area (Å²) in [5.74, 6) is 2.09. The normalized spacial score (nSPS) is 22.3. The number of benzene rings is 1. The zero-order valence-corrected chi connectivity index (χ0v) is 15.1. The van der Waals surface area contributed by atoms with Gasteiger partial charge in [-0.25, -0.2) is 0 Å². The summed E-state index contributed by atoms with van der Waals surface area (Å²) in [7, 11) is 0. The number of hydrogen-bond acceptors (Lipinski definition) is 4. The maximum atomic E-state index is 13.1. The molecule has 3 aromatic rings. The van der Waals surface area contributed by atoms with Gasteiger partial charge < -0.3 is 9.64 Å². The number of para-hydroxylation sites is 1. The van der Waals surface area contributed by atoms with Gasteiger partial charge in [0, 0.05) is 25.2 Å². The number of carbonyl (C=O) groups is 1. The van der Waals surface area contributed by atoms with Crippen LogP contribution in [0.25, 0.3) is 5.65 Å². The molecule has 5 rings (SSSR count). The molecule has 2 atom stereocenters. The molecule has 1 fully saturated rings. The fourth-order valence-corrected chi connectivity index (χ4v) is 4.23. The van der Waals surface area contributed by atoms with Gasteiger partial charge >= 0.3 is 0 Å². The number of hydrogen-bond donors (Lipinski definition) is 0. The maximum absolute atomic E-state index is 13.1. The molecule has 2 aliphatic heterocycles. The first-order chi connectivity index (χ1) is 13.3. The van der Waals surface area contributed by atoms with Crippen LogP contribution in [0.15, 0.2) is 48.7 Å². The monoisotopic (exact) mass is 362 g/mol. The molecule has 0 saturated carbocycles. The van der Waals surface area contributed by atoms with E-state index in [1.165, 1.54) is 5.56 Å². The van der Waals surface area contributed by atoms with Crippen molar-refractivity contribution in [1.82, 2.24) is 19.5 Å². The highest BCUT2D eigenvalue weighted by atomic mass is 16.5. The van der Waals surface area contributed by atoms with E-state index in [-0.39, 0.29) is 17.9 Å². The average molecular weight is 362 g/mol. The Balaban J connectivity index is 1.33. The molecule has 1 aromatic carbocycles. The minimum Gasteiger partial charge on any atom is -0.480 e. The van der Waals surface area contributed by atoms with E-state index in [2.05, 4.69) is 16.3 Å². The van der Waals surface area contributed by atoms with Gasteiger partial charge in [0.25, 0.3) is 5.91 Å². The summed E-state index contributed by atoms with van der Waals surface area (Å²) >= 11 is 0. The van der Waals surface area contributed by atoms with Crippen LogP contribution >= 0.6 is 0 Å². The van der Waals surface area contributed by atoms with Gasteiger partial charge in [0.15, 0.2) is 11.8 Å². The zero-order valence-electron chi connectivity index (χ0n) is 15.1. The highest BCUT2D eigenvalue weighted by molar-refractivity contribution is 5.82. The minimum atomic E-state index is -0.381. The highest BCUT2D eigenvalue weighted by Gasteiger charge is 2.34. The SMILES string of the molecule is O=C(C1CCc2ccccc2O1)N1CCCC(c2nnc3ccccn23)C1. The molecule has 0 spiro atoms. The number of piperidine rings is 1. The van der Waals surface area contributed by atoms with Crippen molar-refractivity contribution >= 4 is 11.6 Å². The van der Waals surface area contributed by atoms with Crippen LogP contribution in [0.3, 0.4) is 0 Å². The van der Waals surface area contributed by atoms with Crippen LogP contribution < -0.4 is 4.74 Å². The lowest BCUT2D eigenvalue weighted by molar-refractivity contribution is -0.140. The Morgan fingerprint density at radius 1 is 1.07 bits per heavy atom. The van der Waals surface area contributed by atoms with Crippen molar-refractivity contribution in [2.24, 2.45) is 0 Å². The second-order valence-corrected chi connectivity index (χ2v) is 7.36. The van der Waals surface area contributed by atoms with Gasteiger partial charge in [-0.15, -0.1) is 10.2 Å². The fourth-order valence-electron chi connectivity index (χ4n) is 4.23. The third-order valence-electron chi connectivity index (χ3n) is 5.63. The van der Waals surface area contributed by atoms with Crippen molar-refractivity contribution < 1.29 is 9.53 Å². The molecule has 1 saturated heterocycles. The number of likely N-dealkylation sites (tertiary alicyclic amines) is 1. The maximum Gasteiger partial charge on any atom is 0.263 e. The number of ether oxygens (including phenoxy) is 1. The largest absolute Gasteiger partial charge is 0.480 e. The standard InChI is InChI=1S/C21H22N4O2/c26-21(18-11-10-15-6-1-2-8-17(15)27-18)24-12-5-7-16(14-24)20-23-22-19-9-3-4-13-25(19)20/h1-4,6,8-9,13,16,18H,5,7,10-12,14H2. The molecule has 1 amide bonds. The van der Waals surface area contributed by atoms with Gasteiger partial charge in [-0.1, -0.05) is 24.3 Å². The van der Waals surface area contributed by atoms with Gasteiger partial charge in [0.2, 0.25) is 0 Å². The number of aryl methyl sites for hydroxylation is 1. The van der Waals surface area contributed by atoms with E-state index in [0.29, 0.717) is 6.54 Å². The van der Waals surface area contributed by atoms with Crippen molar-refractivity contribution in [3.63, 3.8) is 0 Å². The molecule has 0 N–H and O–H groups in total. The molecule has 138 valence electrons. The van der Waals surface area contributed by atoms with Gasteiger partial charge in [-0.2, -0.15) is 0 Å². The van der Waals surface area contributed by atoms with E-state index in [0.717, 1.165) is 49.4 Å². The van der Waals surface area contributed by atoms with Gasteiger partial charge in [-0.05, 0) is 49.4 Å². The Hall–Kier alpha value is -2.89. The molecule has 0 aliphatic carbocycles. The smallest absolute Gasteiger partial charge is 0.263 e. The Morgan fingerprint density at radius 3 is 2.93 bits per heavy atom. The summed E-state index contributed by atoms with van der Waals surface area (Å²) in [6, 6.07) is 13.9. The molecular formula is C21H22N4O2. The van der Waals surface area contributed by atoms with Crippen LogP contribution in [-0.2, 0) is 11.2 Å². The lowest BCUT2D eigenvalue weighted by atomic mass is 9.95. The van der Waals surface area contributed by atoms with Crippen LogP contribution in [0.4, 0.5) is 0 Å². The van der Waals surface area contributed by atoms with Crippen molar-refractivity contribution in [3.8, 4) is 5.75 Å². The molecule has 0 bridgehead atoms.